The van der Waals surface area contributed by atoms with E-state index in [2.05, 4.69) is 15.9 Å². The molecule has 1 aromatic heterocycles. The van der Waals surface area contributed by atoms with Gasteiger partial charge in [-0.3, -0.25) is 10.3 Å². The van der Waals surface area contributed by atoms with Crippen LogP contribution in [-0.2, 0) is 20.6 Å². The lowest BCUT2D eigenvalue weighted by atomic mass is 10.0. The van der Waals surface area contributed by atoms with Gasteiger partial charge in [0, 0.05) is 34.2 Å². The van der Waals surface area contributed by atoms with Gasteiger partial charge in [-0.15, -0.1) is 0 Å². The van der Waals surface area contributed by atoms with E-state index in [9.17, 15) is 9.65 Å². The standard InChI is InChI=1S/C20H25FN6S/c1-24(19-16(12-22)18(23)25(2)20(28)26(19)3)17-6-4-5-11-27(17)13-14-7-9-15(21)10-8-14/h7-10,17,23H,4-6,11,13H2,1-3H3. The molecule has 28 heavy (non-hydrogen) atoms. The van der Waals surface area contributed by atoms with Gasteiger partial charge in [0.2, 0.25) is 0 Å². The van der Waals surface area contributed by atoms with Crippen molar-refractivity contribution in [2.24, 2.45) is 14.1 Å². The first kappa shape index (κ1) is 20.2. The molecule has 2 aromatic rings. The second-order valence-electron chi connectivity index (χ2n) is 7.24. The van der Waals surface area contributed by atoms with Gasteiger partial charge < -0.3 is 14.0 Å². The maximum atomic E-state index is 13.2. The zero-order valence-corrected chi connectivity index (χ0v) is 17.3. The van der Waals surface area contributed by atoms with Gasteiger partial charge in [0.25, 0.3) is 0 Å². The average Bonchev–Trinajstić information content (AvgIpc) is 2.70. The molecule has 0 radical (unpaired) electrons. The molecule has 0 aliphatic carbocycles. The van der Waals surface area contributed by atoms with Crippen LogP contribution in [0.3, 0.4) is 0 Å². The Balaban J connectivity index is 1.99. The number of halogens is 1. The van der Waals surface area contributed by atoms with E-state index in [-0.39, 0.29) is 17.5 Å². The molecule has 6 nitrogen and oxygen atoms in total. The van der Waals surface area contributed by atoms with Crippen LogP contribution in [0, 0.1) is 27.3 Å². The summed E-state index contributed by atoms with van der Waals surface area (Å²) in [6.07, 6.45) is 3.21. The molecule has 1 N–H and O–H groups in total. The third kappa shape index (κ3) is 3.73. The van der Waals surface area contributed by atoms with Gasteiger partial charge in [-0.1, -0.05) is 12.1 Å². The lowest BCUT2D eigenvalue weighted by molar-refractivity contribution is 0.138. The van der Waals surface area contributed by atoms with Crippen LogP contribution in [0.4, 0.5) is 10.2 Å². The van der Waals surface area contributed by atoms with Gasteiger partial charge in [-0.05, 0) is 49.2 Å². The molecular formula is C20H25FN6S. The van der Waals surface area contributed by atoms with Crippen molar-refractivity contribution >= 4 is 18.0 Å². The zero-order valence-electron chi connectivity index (χ0n) is 16.4. The summed E-state index contributed by atoms with van der Waals surface area (Å²) in [6.45, 7) is 1.63. The Morgan fingerprint density at radius 3 is 2.57 bits per heavy atom. The lowest BCUT2D eigenvalue weighted by Gasteiger charge is -2.42. The van der Waals surface area contributed by atoms with Crippen LogP contribution < -0.4 is 10.4 Å². The Morgan fingerprint density at radius 2 is 1.93 bits per heavy atom. The predicted molar refractivity (Wildman–Crippen MR) is 109 cm³/mol. The number of hydrogen-bond donors (Lipinski definition) is 1. The predicted octanol–water partition coefficient (Wildman–Crippen LogP) is 3.03. The molecule has 3 rings (SSSR count). The highest BCUT2D eigenvalue weighted by Gasteiger charge is 2.29. The van der Waals surface area contributed by atoms with Crippen LogP contribution in [0.5, 0.6) is 0 Å². The van der Waals surface area contributed by atoms with Crippen LogP contribution in [0.25, 0.3) is 0 Å². The largest absolute Gasteiger partial charge is 0.344 e. The minimum Gasteiger partial charge on any atom is -0.344 e. The number of rotatable bonds is 4. The molecule has 1 aromatic carbocycles. The van der Waals surface area contributed by atoms with Crippen LogP contribution in [0.2, 0.25) is 0 Å². The monoisotopic (exact) mass is 400 g/mol. The Kier molecular flexibility index (Phi) is 5.96. The van der Waals surface area contributed by atoms with Crippen LogP contribution in [0.1, 0.15) is 30.4 Å². The minimum atomic E-state index is -0.236. The number of nitriles is 1. The van der Waals surface area contributed by atoms with Crippen LogP contribution in [-0.4, -0.2) is 33.8 Å². The average molecular weight is 401 g/mol. The van der Waals surface area contributed by atoms with E-state index in [1.807, 2.05) is 26.2 Å². The first-order chi connectivity index (χ1) is 13.3. The Labute approximate surface area is 169 Å². The second-order valence-corrected chi connectivity index (χ2v) is 7.61. The fourth-order valence-electron chi connectivity index (χ4n) is 3.93. The molecule has 1 unspecified atom stereocenters. The van der Waals surface area contributed by atoms with Gasteiger partial charge in [0.15, 0.2) is 4.77 Å². The van der Waals surface area contributed by atoms with Gasteiger partial charge >= 0.3 is 0 Å². The Hall–Kier alpha value is -2.50. The van der Waals surface area contributed by atoms with E-state index in [1.165, 1.54) is 12.1 Å². The van der Waals surface area contributed by atoms with Gasteiger partial charge in [0.1, 0.15) is 28.8 Å². The van der Waals surface area contributed by atoms with Crippen molar-refractivity contribution < 1.29 is 4.39 Å². The Morgan fingerprint density at radius 1 is 1.25 bits per heavy atom. The van der Waals surface area contributed by atoms with Crippen molar-refractivity contribution in [2.75, 3.05) is 18.5 Å². The summed E-state index contributed by atoms with van der Waals surface area (Å²) >= 11 is 5.46. The molecule has 1 atom stereocenters. The maximum Gasteiger partial charge on any atom is 0.182 e. The molecule has 1 saturated heterocycles. The van der Waals surface area contributed by atoms with Gasteiger partial charge in [-0.2, -0.15) is 5.26 Å². The maximum absolute atomic E-state index is 13.2. The van der Waals surface area contributed by atoms with Gasteiger partial charge in [-0.25, -0.2) is 4.39 Å². The Bertz CT molecular complexity index is 1020. The first-order valence-corrected chi connectivity index (χ1v) is 9.72. The fraction of sp³-hybridized carbons (Fsp3) is 0.450. The van der Waals surface area contributed by atoms with Crippen molar-refractivity contribution in [1.82, 2.24) is 14.0 Å². The highest BCUT2D eigenvalue weighted by molar-refractivity contribution is 7.71. The lowest BCUT2D eigenvalue weighted by Crippen LogP contribution is -2.50. The summed E-state index contributed by atoms with van der Waals surface area (Å²) < 4.78 is 17.1. The van der Waals surface area contributed by atoms with Crippen molar-refractivity contribution in [3.8, 4) is 6.07 Å². The molecule has 1 aliphatic rings. The number of hydrogen-bond acceptors (Lipinski definition) is 5. The van der Waals surface area contributed by atoms with E-state index in [1.54, 1.807) is 16.2 Å². The molecule has 1 aliphatic heterocycles. The van der Waals surface area contributed by atoms with Crippen molar-refractivity contribution in [2.45, 2.75) is 32.0 Å². The number of benzene rings is 1. The topological polar surface area (TPSA) is 64.0 Å². The number of nitrogens with zero attached hydrogens (tertiary/aromatic N) is 5. The number of aromatic nitrogens is 2. The summed E-state index contributed by atoms with van der Waals surface area (Å²) in [5, 5.41) is 18.0. The highest BCUT2D eigenvalue weighted by atomic mass is 32.1. The number of piperidine rings is 1. The summed E-state index contributed by atoms with van der Waals surface area (Å²) in [6, 6.07) is 8.78. The third-order valence-electron chi connectivity index (χ3n) is 5.46. The summed E-state index contributed by atoms with van der Waals surface area (Å²) in [4.78, 5) is 4.41. The number of anilines is 1. The quantitative estimate of drug-likeness (QED) is 0.802. The summed E-state index contributed by atoms with van der Waals surface area (Å²) in [7, 11) is 5.50. The molecule has 2 heterocycles. The first-order valence-electron chi connectivity index (χ1n) is 9.31. The van der Waals surface area contributed by atoms with E-state index in [4.69, 9.17) is 17.6 Å². The van der Waals surface area contributed by atoms with Crippen molar-refractivity contribution in [1.29, 1.82) is 10.7 Å². The SMILES string of the molecule is CN(c1c(C#N)c(=N)n(C)c(=S)n1C)C1CCCCN1Cc1ccc(F)cc1. The molecule has 148 valence electrons. The normalized spacial score (nSPS) is 17.3. The fourth-order valence-corrected chi connectivity index (χ4v) is 4.11. The van der Waals surface area contributed by atoms with Crippen molar-refractivity contribution in [3.63, 3.8) is 0 Å². The smallest absolute Gasteiger partial charge is 0.182 e. The molecular weight excluding hydrogens is 375 g/mol. The van der Waals surface area contributed by atoms with E-state index >= 15 is 0 Å². The van der Waals surface area contributed by atoms with E-state index < -0.39 is 0 Å². The van der Waals surface area contributed by atoms with E-state index in [0.29, 0.717) is 22.7 Å². The molecule has 8 heteroatoms. The minimum absolute atomic E-state index is 0.0682. The number of likely N-dealkylation sites (tertiary alicyclic amines) is 1. The second kappa shape index (κ2) is 8.25. The van der Waals surface area contributed by atoms with E-state index in [0.717, 1.165) is 31.4 Å². The third-order valence-corrected chi connectivity index (χ3v) is 6.01. The molecule has 0 saturated carbocycles. The molecule has 1 fully saturated rings. The summed E-state index contributed by atoms with van der Waals surface area (Å²) in [5.74, 6) is 0.423. The zero-order chi connectivity index (χ0) is 20.4. The molecule has 0 spiro atoms. The van der Waals surface area contributed by atoms with Crippen LogP contribution >= 0.6 is 12.2 Å². The molecule has 0 amide bonds. The number of nitrogens with one attached hydrogen (secondary N) is 1. The van der Waals surface area contributed by atoms with Crippen molar-refractivity contribution in [3.05, 3.63) is 51.5 Å². The van der Waals surface area contributed by atoms with Gasteiger partial charge in [0.05, 0.1) is 6.17 Å². The highest BCUT2D eigenvalue weighted by Crippen LogP contribution is 2.27. The van der Waals surface area contributed by atoms with Crippen LogP contribution in [0.15, 0.2) is 24.3 Å². The molecule has 0 bridgehead atoms. The summed E-state index contributed by atoms with van der Waals surface area (Å²) in [5.41, 5.74) is 1.48.